The van der Waals surface area contributed by atoms with Crippen LogP contribution in [0.4, 0.5) is 0 Å². The van der Waals surface area contributed by atoms with Crippen molar-refractivity contribution in [3.8, 4) is 5.75 Å². The van der Waals surface area contributed by atoms with E-state index >= 15 is 0 Å². The predicted molar refractivity (Wildman–Crippen MR) is 57.5 cm³/mol. The number of aromatic hydroxyl groups is 1. The van der Waals surface area contributed by atoms with Crippen LogP contribution in [0.15, 0.2) is 30.9 Å². The molecular formula is C12H14O3. The summed E-state index contributed by atoms with van der Waals surface area (Å²) in [4.78, 5) is 10.8. The molecule has 0 unspecified atom stereocenters. The Hall–Kier alpha value is -1.77. The number of phenolic OH excluding ortho intramolecular Hbond substituents is 1. The average molecular weight is 206 g/mol. The summed E-state index contributed by atoms with van der Waals surface area (Å²) < 4.78 is 4.81. The highest BCUT2D eigenvalue weighted by Gasteiger charge is 2.04. The lowest BCUT2D eigenvalue weighted by Crippen LogP contribution is -2.00. The standard InChI is InChI=1S/C12H14O3/c1-3-9-5-6-10(11(13)7-9)8-15-12(14)4-2/h4-7,13H,2-3,8H2,1H3. The van der Waals surface area contributed by atoms with E-state index in [9.17, 15) is 9.90 Å². The number of carbonyl (C=O) groups excluding carboxylic acids is 1. The van der Waals surface area contributed by atoms with Crippen molar-refractivity contribution in [2.24, 2.45) is 0 Å². The number of carbonyl (C=O) groups is 1. The summed E-state index contributed by atoms with van der Waals surface area (Å²) in [5.41, 5.74) is 1.65. The fourth-order valence-corrected chi connectivity index (χ4v) is 1.16. The highest BCUT2D eigenvalue weighted by molar-refractivity contribution is 5.81. The Labute approximate surface area is 89.0 Å². The van der Waals surface area contributed by atoms with Crippen molar-refractivity contribution >= 4 is 5.97 Å². The Morgan fingerprint density at radius 2 is 2.33 bits per heavy atom. The average Bonchev–Trinajstić information content (AvgIpc) is 2.26. The Kier molecular flexibility index (Phi) is 3.92. The molecule has 80 valence electrons. The van der Waals surface area contributed by atoms with Crippen LogP contribution in [0, 0.1) is 0 Å². The number of hydrogen-bond acceptors (Lipinski definition) is 3. The molecule has 0 bridgehead atoms. The molecule has 0 heterocycles. The van der Waals surface area contributed by atoms with Crippen molar-refractivity contribution < 1.29 is 14.6 Å². The molecule has 0 saturated heterocycles. The molecule has 1 N–H and O–H groups in total. The van der Waals surface area contributed by atoms with Gasteiger partial charge in [-0.1, -0.05) is 25.6 Å². The largest absolute Gasteiger partial charge is 0.508 e. The zero-order chi connectivity index (χ0) is 11.3. The molecule has 15 heavy (non-hydrogen) atoms. The first-order valence-electron chi connectivity index (χ1n) is 4.77. The molecule has 0 amide bonds. The third kappa shape index (κ3) is 3.13. The SMILES string of the molecule is C=CC(=O)OCc1ccc(CC)cc1O. The molecule has 0 aliphatic heterocycles. The third-order valence-corrected chi connectivity index (χ3v) is 2.09. The monoisotopic (exact) mass is 206 g/mol. The lowest BCUT2D eigenvalue weighted by atomic mass is 10.1. The van der Waals surface area contributed by atoms with Crippen molar-refractivity contribution in [3.05, 3.63) is 42.0 Å². The molecule has 0 saturated carbocycles. The minimum absolute atomic E-state index is 0.0701. The van der Waals surface area contributed by atoms with Crippen LogP contribution in [0.5, 0.6) is 5.75 Å². The van der Waals surface area contributed by atoms with Gasteiger partial charge >= 0.3 is 5.97 Å². The van der Waals surface area contributed by atoms with Crippen LogP contribution in [0.3, 0.4) is 0 Å². The van der Waals surface area contributed by atoms with E-state index in [0.29, 0.717) is 5.56 Å². The quantitative estimate of drug-likeness (QED) is 0.606. The van der Waals surface area contributed by atoms with Gasteiger partial charge in [0.2, 0.25) is 0 Å². The third-order valence-electron chi connectivity index (χ3n) is 2.09. The van der Waals surface area contributed by atoms with Crippen molar-refractivity contribution in [2.75, 3.05) is 0 Å². The zero-order valence-corrected chi connectivity index (χ0v) is 8.69. The van der Waals surface area contributed by atoms with Gasteiger partial charge in [-0.3, -0.25) is 0 Å². The van der Waals surface area contributed by atoms with Crippen LogP contribution >= 0.6 is 0 Å². The molecule has 0 aliphatic carbocycles. The Balaban J connectivity index is 2.69. The molecule has 0 aromatic heterocycles. The number of esters is 1. The van der Waals surface area contributed by atoms with E-state index in [1.807, 2.05) is 13.0 Å². The summed E-state index contributed by atoms with van der Waals surface area (Å²) in [6, 6.07) is 5.33. The maximum Gasteiger partial charge on any atom is 0.330 e. The molecule has 0 aliphatic rings. The maximum atomic E-state index is 10.8. The summed E-state index contributed by atoms with van der Waals surface area (Å²) in [5.74, 6) is -0.333. The van der Waals surface area contributed by atoms with E-state index in [1.165, 1.54) is 0 Å². The lowest BCUT2D eigenvalue weighted by Gasteiger charge is -2.06. The van der Waals surface area contributed by atoms with Crippen LogP contribution in [-0.2, 0) is 22.6 Å². The second kappa shape index (κ2) is 5.20. The molecule has 0 spiro atoms. The molecule has 0 radical (unpaired) electrons. The summed E-state index contributed by atoms with van der Waals surface area (Å²) in [6.07, 6.45) is 1.96. The number of hydrogen-bond donors (Lipinski definition) is 1. The first kappa shape index (κ1) is 11.3. The fourth-order valence-electron chi connectivity index (χ4n) is 1.16. The minimum atomic E-state index is -0.492. The predicted octanol–water partition coefficient (Wildman–Crippen LogP) is 2.18. The van der Waals surface area contributed by atoms with Gasteiger partial charge in [-0.25, -0.2) is 4.79 Å². The van der Waals surface area contributed by atoms with Crippen LogP contribution in [0.1, 0.15) is 18.1 Å². The Morgan fingerprint density at radius 3 is 2.87 bits per heavy atom. The number of rotatable bonds is 4. The number of phenols is 1. The van der Waals surface area contributed by atoms with E-state index in [0.717, 1.165) is 18.1 Å². The van der Waals surface area contributed by atoms with E-state index in [2.05, 4.69) is 6.58 Å². The van der Waals surface area contributed by atoms with Gasteiger partial charge in [0.15, 0.2) is 0 Å². The maximum absolute atomic E-state index is 10.8. The highest BCUT2D eigenvalue weighted by atomic mass is 16.5. The van der Waals surface area contributed by atoms with E-state index in [-0.39, 0.29) is 12.4 Å². The topological polar surface area (TPSA) is 46.5 Å². The minimum Gasteiger partial charge on any atom is -0.508 e. The Bertz CT molecular complexity index is 369. The van der Waals surface area contributed by atoms with Crippen molar-refractivity contribution in [1.82, 2.24) is 0 Å². The highest BCUT2D eigenvalue weighted by Crippen LogP contribution is 2.19. The number of benzene rings is 1. The lowest BCUT2D eigenvalue weighted by molar-refractivity contribution is -0.138. The van der Waals surface area contributed by atoms with Crippen molar-refractivity contribution in [3.63, 3.8) is 0 Å². The second-order valence-corrected chi connectivity index (χ2v) is 3.13. The molecule has 3 nitrogen and oxygen atoms in total. The summed E-state index contributed by atoms with van der Waals surface area (Å²) in [6.45, 7) is 5.36. The first-order chi connectivity index (χ1) is 7.17. The Morgan fingerprint density at radius 1 is 1.60 bits per heavy atom. The normalized spacial score (nSPS) is 9.67. The molecule has 1 rings (SSSR count). The zero-order valence-electron chi connectivity index (χ0n) is 8.69. The van der Waals surface area contributed by atoms with Gasteiger partial charge in [0.1, 0.15) is 12.4 Å². The van der Waals surface area contributed by atoms with E-state index in [4.69, 9.17) is 4.74 Å². The van der Waals surface area contributed by atoms with E-state index < -0.39 is 5.97 Å². The van der Waals surface area contributed by atoms with Crippen molar-refractivity contribution in [2.45, 2.75) is 20.0 Å². The van der Waals surface area contributed by atoms with E-state index in [1.54, 1.807) is 12.1 Å². The van der Waals surface area contributed by atoms with Crippen LogP contribution in [-0.4, -0.2) is 11.1 Å². The summed E-state index contributed by atoms with van der Waals surface area (Å²) in [7, 11) is 0. The number of aryl methyl sites for hydroxylation is 1. The molecule has 1 aromatic carbocycles. The fraction of sp³-hybridized carbons (Fsp3) is 0.250. The van der Waals surface area contributed by atoms with Gasteiger partial charge < -0.3 is 9.84 Å². The van der Waals surface area contributed by atoms with Crippen LogP contribution in [0.25, 0.3) is 0 Å². The molecular weight excluding hydrogens is 192 g/mol. The second-order valence-electron chi connectivity index (χ2n) is 3.13. The van der Waals surface area contributed by atoms with Gasteiger partial charge in [-0.05, 0) is 18.1 Å². The summed E-state index contributed by atoms with van der Waals surface area (Å²) in [5, 5.41) is 9.59. The van der Waals surface area contributed by atoms with Gasteiger partial charge in [0.25, 0.3) is 0 Å². The van der Waals surface area contributed by atoms with Gasteiger partial charge in [0.05, 0.1) is 0 Å². The van der Waals surface area contributed by atoms with Gasteiger partial charge in [-0.15, -0.1) is 0 Å². The molecule has 1 aromatic rings. The summed E-state index contributed by atoms with van der Waals surface area (Å²) >= 11 is 0. The van der Waals surface area contributed by atoms with Gasteiger partial charge in [-0.2, -0.15) is 0 Å². The van der Waals surface area contributed by atoms with Crippen LogP contribution in [0.2, 0.25) is 0 Å². The number of ether oxygens (including phenoxy) is 1. The van der Waals surface area contributed by atoms with Gasteiger partial charge in [0, 0.05) is 11.6 Å². The molecule has 0 atom stereocenters. The van der Waals surface area contributed by atoms with Crippen molar-refractivity contribution in [1.29, 1.82) is 0 Å². The van der Waals surface area contributed by atoms with Crippen LogP contribution < -0.4 is 0 Å². The smallest absolute Gasteiger partial charge is 0.330 e. The molecule has 0 fully saturated rings. The first-order valence-corrected chi connectivity index (χ1v) is 4.77. The molecule has 3 heteroatoms.